The van der Waals surface area contributed by atoms with Gasteiger partial charge in [0, 0.05) is 22.2 Å². The number of ether oxygens (including phenoxy) is 2. The van der Waals surface area contributed by atoms with Crippen LogP contribution >= 0.6 is 27.5 Å². The Morgan fingerprint density at radius 3 is 2.62 bits per heavy atom. The van der Waals surface area contributed by atoms with Crippen LogP contribution in [0, 0.1) is 0 Å². The van der Waals surface area contributed by atoms with Crippen molar-refractivity contribution in [1.82, 2.24) is 0 Å². The van der Waals surface area contributed by atoms with Gasteiger partial charge in [0.2, 0.25) is 0 Å². The molecule has 0 aliphatic carbocycles. The second-order valence-electron chi connectivity index (χ2n) is 4.29. The topological polar surface area (TPSA) is 35.5 Å². The normalized spacial score (nSPS) is 10.4. The minimum atomic E-state index is -0.119. The molecule has 110 valence electrons. The van der Waals surface area contributed by atoms with E-state index in [1.165, 1.54) is 0 Å². The van der Waals surface area contributed by atoms with Gasteiger partial charge in [0.05, 0.1) is 12.2 Å². The van der Waals surface area contributed by atoms with Gasteiger partial charge in [-0.1, -0.05) is 23.7 Å². The van der Waals surface area contributed by atoms with E-state index in [0.29, 0.717) is 39.6 Å². The lowest BCUT2D eigenvalue weighted by molar-refractivity contribution is 0.103. The first-order valence-electron chi connectivity index (χ1n) is 6.34. The zero-order chi connectivity index (χ0) is 15.2. The number of hydrogen-bond donors (Lipinski definition) is 0. The second-order valence-corrected chi connectivity index (χ2v) is 5.58. The smallest absolute Gasteiger partial charge is 0.197 e. The van der Waals surface area contributed by atoms with Crippen LogP contribution in [-0.4, -0.2) is 26.1 Å². The number of ketones is 1. The molecule has 0 saturated heterocycles. The molecule has 0 N–H and O–H groups in total. The van der Waals surface area contributed by atoms with E-state index in [1.54, 1.807) is 43.5 Å². The lowest BCUT2D eigenvalue weighted by Gasteiger charge is -2.11. The van der Waals surface area contributed by atoms with E-state index < -0.39 is 0 Å². The van der Waals surface area contributed by atoms with Gasteiger partial charge in [-0.25, -0.2) is 0 Å². The number of carbonyl (C=O) groups excluding carboxylic acids is 1. The number of methoxy groups -OCH3 is 1. The maximum atomic E-state index is 12.6. The Hall–Kier alpha value is -1.36. The van der Waals surface area contributed by atoms with Crippen molar-refractivity contribution in [3.05, 3.63) is 63.1 Å². The maximum Gasteiger partial charge on any atom is 0.197 e. The molecule has 2 aromatic carbocycles. The van der Waals surface area contributed by atoms with Crippen molar-refractivity contribution >= 4 is 33.3 Å². The molecular weight excluding hydrogens is 356 g/mol. The van der Waals surface area contributed by atoms with Crippen molar-refractivity contribution in [3.63, 3.8) is 0 Å². The van der Waals surface area contributed by atoms with Crippen molar-refractivity contribution in [2.24, 2.45) is 0 Å². The first-order chi connectivity index (χ1) is 10.1. The quantitative estimate of drug-likeness (QED) is 0.560. The lowest BCUT2D eigenvalue weighted by Crippen LogP contribution is -2.09. The summed E-state index contributed by atoms with van der Waals surface area (Å²) in [5.41, 5.74) is 1.05. The van der Waals surface area contributed by atoms with Crippen LogP contribution in [-0.2, 0) is 4.74 Å². The van der Waals surface area contributed by atoms with Crippen LogP contribution in [0.5, 0.6) is 5.75 Å². The Morgan fingerprint density at radius 2 is 1.90 bits per heavy atom. The standard InChI is InChI=1S/C16H14BrClO3/c1-20-8-9-21-15-5-3-2-4-13(15)16(19)12-7-6-11(18)10-14(12)17/h2-7,10H,8-9H2,1H3. The van der Waals surface area contributed by atoms with Gasteiger partial charge in [0.15, 0.2) is 5.78 Å². The fraction of sp³-hybridized carbons (Fsp3) is 0.188. The molecule has 3 nitrogen and oxygen atoms in total. The van der Waals surface area contributed by atoms with Gasteiger partial charge in [-0.3, -0.25) is 4.79 Å². The fourth-order valence-electron chi connectivity index (χ4n) is 1.83. The number of hydrogen-bond acceptors (Lipinski definition) is 3. The SMILES string of the molecule is COCCOc1ccccc1C(=O)c1ccc(Cl)cc1Br. The Bertz CT molecular complexity index is 643. The molecule has 0 aromatic heterocycles. The van der Waals surface area contributed by atoms with Crippen LogP contribution in [0.2, 0.25) is 5.02 Å². The summed E-state index contributed by atoms with van der Waals surface area (Å²) >= 11 is 9.27. The molecule has 0 spiro atoms. The van der Waals surface area contributed by atoms with Crippen LogP contribution in [0.25, 0.3) is 0 Å². The minimum absolute atomic E-state index is 0.119. The van der Waals surface area contributed by atoms with Gasteiger partial charge >= 0.3 is 0 Å². The van der Waals surface area contributed by atoms with Crippen LogP contribution in [0.4, 0.5) is 0 Å². The van der Waals surface area contributed by atoms with Crippen molar-refractivity contribution in [2.45, 2.75) is 0 Å². The number of benzene rings is 2. The summed E-state index contributed by atoms with van der Waals surface area (Å²) in [5, 5.41) is 0.572. The van der Waals surface area contributed by atoms with Gasteiger partial charge in [-0.2, -0.15) is 0 Å². The molecule has 0 unspecified atom stereocenters. The number of rotatable bonds is 6. The molecule has 0 amide bonds. The molecule has 0 heterocycles. The highest BCUT2D eigenvalue weighted by Gasteiger charge is 2.17. The lowest BCUT2D eigenvalue weighted by atomic mass is 10.0. The summed E-state index contributed by atoms with van der Waals surface area (Å²) in [4.78, 5) is 12.6. The molecule has 0 saturated carbocycles. The Labute approximate surface area is 137 Å². The van der Waals surface area contributed by atoms with Gasteiger partial charge < -0.3 is 9.47 Å². The summed E-state index contributed by atoms with van der Waals surface area (Å²) in [6.07, 6.45) is 0. The van der Waals surface area contributed by atoms with Crippen molar-refractivity contribution in [3.8, 4) is 5.75 Å². The van der Waals surface area contributed by atoms with E-state index in [9.17, 15) is 4.79 Å². The summed E-state index contributed by atoms with van der Waals surface area (Å²) in [5.74, 6) is 0.424. The predicted octanol–water partition coefficient (Wildman–Crippen LogP) is 4.36. The van der Waals surface area contributed by atoms with Crippen LogP contribution < -0.4 is 4.74 Å². The molecule has 21 heavy (non-hydrogen) atoms. The highest BCUT2D eigenvalue weighted by Crippen LogP contribution is 2.27. The molecule has 5 heteroatoms. The maximum absolute atomic E-state index is 12.6. The Balaban J connectivity index is 2.30. The largest absolute Gasteiger partial charge is 0.490 e. The van der Waals surface area contributed by atoms with E-state index in [4.69, 9.17) is 21.1 Å². The van der Waals surface area contributed by atoms with E-state index in [-0.39, 0.29) is 5.78 Å². The second kappa shape index (κ2) is 7.59. The van der Waals surface area contributed by atoms with E-state index in [2.05, 4.69) is 15.9 Å². The number of carbonyl (C=O) groups is 1. The van der Waals surface area contributed by atoms with E-state index >= 15 is 0 Å². The van der Waals surface area contributed by atoms with Crippen LogP contribution in [0.3, 0.4) is 0 Å². The molecule has 2 aromatic rings. The molecule has 0 radical (unpaired) electrons. The van der Waals surface area contributed by atoms with E-state index in [1.807, 2.05) is 6.07 Å². The average Bonchev–Trinajstić information content (AvgIpc) is 2.47. The number of halogens is 2. The highest BCUT2D eigenvalue weighted by atomic mass is 79.9. The molecule has 0 fully saturated rings. The molecular formula is C16H14BrClO3. The summed E-state index contributed by atoms with van der Waals surface area (Å²) in [7, 11) is 1.60. The fourth-order valence-corrected chi connectivity index (χ4v) is 2.70. The average molecular weight is 370 g/mol. The third kappa shape index (κ3) is 4.06. The molecule has 0 aliphatic heterocycles. The third-order valence-electron chi connectivity index (χ3n) is 2.85. The summed E-state index contributed by atoms with van der Waals surface area (Å²) in [6.45, 7) is 0.857. The van der Waals surface area contributed by atoms with Crippen molar-refractivity contribution in [2.75, 3.05) is 20.3 Å². The molecule has 0 bridgehead atoms. The Morgan fingerprint density at radius 1 is 1.14 bits per heavy atom. The number of para-hydroxylation sites is 1. The predicted molar refractivity (Wildman–Crippen MR) is 86.4 cm³/mol. The zero-order valence-electron chi connectivity index (χ0n) is 11.4. The van der Waals surface area contributed by atoms with Gasteiger partial charge in [-0.15, -0.1) is 0 Å². The van der Waals surface area contributed by atoms with E-state index in [0.717, 1.165) is 0 Å². The first-order valence-corrected chi connectivity index (χ1v) is 7.51. The highest BCUT2D eigenvalue weighted by molar-refractivity contribution is 9.10. The minimum Gasteiger partial charge on any atom is -0.490 e. The molecule has 0 aliphatic rings. The molecule has 2 rings (SSSR count). The Kier molecular flexibility index (Phi) is 5.79. The van der Waals surface area contributed by atoms with Gasteiger partial charge in [0.1, 0.15) is 12.4 Å². The van der Waals surface area contributed by atoms with Gasteiger partial charge in [0.25, 0.3) is 0 Å². The van der Waals surface area contributed by atoms with Crippen molar-refractivity contribution in [1.29, 1.82) is 0 Å². The zero-order valence-corrected chi connectivity index (χ0v) is 13.8. The third-order valence-corrected chi connectivity index (χ3v) is 3.74. The van der Waals surface area contributed by atoms with Crippen LogP contribution in [0.1, 0.15) is 15.9 Å². The monoisotopic (exact) mass is 368 g/mol. The summed E-state index contributed by atoms with van der Waals surface area (Å²) < 4.78 is 11.2. The molecule has 0 atom stereocenters. The van der Waals surface area contributed by atoms with Crippen LogP contribution in [0.15, 0.2) is 46.9 Å². The van der Waals surface area contributed by atoms with Crippen molar-refractivity contribution < 1.29 is 14.3 Å². The van der Waals surface area contributed by atoms with Gasteiger partial charge in [-0.05, 0) is 46.3 Å². The first kappa shape index (κ1) is 16.0. The summed E-state index contributed by atoms with van der Waals surface area (Å²) in [6, 6.07) is 12.2.